The minimum Gasteiger partial charge on any atom is -0.330 e. The van der Waals surface area contributed by atoms with Crippen molar-refractivity contribution in [1.29, 1.82) is 0 Å². The molecule has 0 amide bonds. The monoisotopic (exact) mass is 174 g/mol. The zero-order valence-electron chi connectivity index (χ0n) is 7.73. The van der Waals surface area contributed by atoms with Gasteiger partial charge in [-0.2, -0.15) is 0 Å². The van der Waals surface area contributed by atoms with E-state index in [0.29, 0.717) is 0 Å². The van der Waals surface area contributed by atoms with Crippen LogP contribution in [0.3, 0.4) is 0 Å². The first kappa shape index (κ1) is 11.1. The maximum Gasteiger partial charge on any atom is 0.00286 e. The molecule has 0 aromatic carbocycles. The van der Waals surface area contributed by atoms with Gasteiger partial charge in [0.25, 0.3) is 0 Å². The summed E-state index contributed by atoms with van der Waals surface area (Å²) in [4.78, 5) is 0. The van der Waals surface area contributed by atoms with Gasteiger partial charge in [-0.3, -0.25) is 0 Å². The Bertz CT molecular complexity index is 61.1. The molecule has 0 aromatic heterocycles. The van der Waals surface area contributed by atoms with Gasteiger partial charge in [0.05, 0.1) is 0 Å². The van der Waals surface area contributed by atoms with Crippen LogP contribution in [0.2, 0.25) is 6.04 Å². The van der Waals surface area contributed by atoms with Crippen molar-refractivity contribution in [1.82, 2.24) is 5.32 Å². The van der Waals surface area contributed by atoms with Crippen LogP contribution in [0.1, 0.15) is 25.7 Å². The van der Waals surface area contributed by atoms with Crippen LogP contribution in [-0.4, -0.2) is 29.9 Å². The molecule has 0 saturated heterocycles. The van der Waals surface area contributed by atoms with Gasteiger partial charge in [-0.15, -0.1) is 0 Å². The van der Waals surface area contributed by atoms with Crippen LogP contribution in [0.25, 0.3) is 0 Å². The van der Waals surface area contributed by atoms with E-state index in [1.807, 2.05) is 0 Å². The second-order valence-corrected chi connectivity index (χ2v) is 3.95. The summed E-state index contributed by atoms with van der Waals surface area (Å²) in [7, 11) is 1.35. The Balaban J connectivity index is 2.69. The quantitative estimate of drug-likeness (QED) is 0.398. The van der Waals surface area contributed by atoms with Crippen molar-refractivity contribution in [3.63, 3.8) is 0 Å². The van der Waals surface area contributed by atoms with Gasteiger partial charge in [-0.25, -0.2) is 0 Å². The molecule has 0 saturated carbocycles. The Morgan fingerprint density at radius 2 is 1.73 bits per heavy atom. The zero-order valence-corrected chi connectivity index (χ0v) is 9.73. The van der Waals surface area contributed by atoms with Gasteiger partial charge in [-0.1, -0.05) is 12.5 Å². The van der Waals surface area contributed by atoms with Crippen LogP contribution in [0, 0.1) is 0 Å². The van der Waals surface area contributed by atoms with Crippen molar-refractivity contribution in [2.45, 2.75) is 31.7 Å². The Labute approximate surface area is 73.4 Å². The summed E-state index contributed by atoms with van der Waals surface area (Å²) in [6.45, 7) is 3.24. The summed E-state index contributed by atoms with van der Waals surface area (Å²) in [5.41, 5.74) is 5.38. The molecule has 0 bridgehead atoms. The van der Waals surface area contributed by atoms with Crippen LogP contribution >= 0.6 is 0 Å². The van der Waals surface area contributed by atoms with Crippen LogP contribution < -0.4 is 11.1 Å². The molecule has 0 aliphatic heterocycles. The molecule has 0 unspecified atom stereocenters. The lowest BCUT2D eigenvalue weighted by Gasteiger charge is -2.02. The van der Waals surface area contributed by atoms with Gasteiger partial charge in [0.2, 0.25) is 0 Å². The van der Waals surface area contributed by atoms with E-state index < -0.39 is 0 Å². The van der Waals surface area contributed by atoms with Crippen LogP contribution in [-0.2, 0) is 0 Å². The lowest BCUT2D eigenvalue weighted by molar-refractivity contribution is 0.602. The summed E-state index contributed by atoms with van der Waals surface area (Å²) in [5.74, 6) is 0. The summed E-state index contributed by atoms with van der Waals surface area (Å²) >= 11 is 0. The van der Waals surface area contributed by atoms with Gasteiger partial charge < -0.3 is 11.1 Å². The fourth-order valence-electron chi connectivity index (χ4n) is 0.998. The molecule has 0 aliphatic carbocycles. The Morgan fingerprint density at radius 3 is 2.36 bits per heavy atom. The van der Waals surface area contributed by atoms with Crippen molar-refractivity contribution < 1.29 is 0 Å². The molecule has 0 heterocycles. The minimum absolute atomic E-state index is 0.848. The third kappa shape index (κ3) is 10.1. The molecule has 0 aromatic rings. The highest BCUT2D eigenvalue weighted by Gasteiger charge is 1.87. The van der Waals surface area contributed by atoms with E-state index in [1.165, 1.54) is 55.1 Å². The van der Waals surface area contributed by atoms with Crippen LogP contribution in [0.5, 0.6) is 0 Å². The molecular weight excluding hydrogens is 152 g/mol. The topological polar surface area (TPSA) is 38.0 Å². The molecule has 3 N–H and O–H groups in total. The zero-order chi connectivity index (χ0) is 8.36. The highest BCUT2D eigenvalue weighted by molar-refractivity contribution is 6.08. The van der Waals surface area contributed by atoms with E-state index in [1.54, 1.807) is 0 Å². The van der Waals surface area contributed by atoms with Crippen molar-refractivity contribution in [2.24, 2.45) is 5.73 Å². The number of nitrogens with one attached hydrogen (secondary N) is 1. The predicted molar refractivity (Wildman–Crippen MR) is 55.1 cm³/mol. The molecule has 0 fully saturated rings. The number of nitrogens with two attached hydrogens (primary N) is 1. The van der Waals surface area contributed by atoms with E-state index in [9.17, 15) is 0 Å². The molecule has 68 valence electrons. The highest BCUT2D eigenvalue weighted by atomic mass is 28.1. The molecule has 2 nitrogen and oxygen atoms in total. The van der Waals surface area contributed by atoms with Crippen molar-refractivity contribution in [2.75, 3.05) is 19.6 Å². The van der Waals surface area contributed by atoms with Crippen molar-refractivity contribution in [3.05, 3.63) is 0 Å². The van der Waals surface area contributed by atoms with Crippen molar-refractivity contribution in [3.8, 4) is 0 Å². The Hall–Kier alpha value is 0.137. The maximum atomic E-state index is 5.38. The first-order valence-electron chi connectivity index (χ1n) is 4.82. The van der Waals surface area contributed by atoms with E-state index in [-0.39, 0.29) is 0 Å². The fourth-order valence-corrected chi connectivity index (χ4v) is 1.35. The van der Waals surface area contributed by atoms with E-state index in [4.69, 9.17) is 5.73 Å². The lowest BCUT2D eigenvalue weighted by atomic mass is 10.2. The normalized spacial score (nSPS) is 10.6. The SMILES string of the molecule is NCCCCCNCCC[SiH3]. The Kier molecular flexibility index (Phi) is 10.3. The molecule has 11 heavy (non-hydrogen) atoms. The molecule has 0 spiro atoms. The van der Waals surface area contributed by atoms with Crippen LogP contribution in [0.4, 0.5) is 0 Å². The smallest absolute Gasteiger partial charge is 0.00286 e. The molecular formula is C8H22N2Si. The molecule has 0 radical (unpaired) electrons. The predicted octanol–water partition coefficient (Wildman–Crippen LogP) is -0.121. The van der Waals surface area contributed by atoms with E-state index in [2.05, 4.69) is 5.32 Å². The number of hydrogen-bond acceptors (Lipinski definition) is 2. The standard InChI is InChI=1S/C8H22N2Si/c9-5-2-1-3-6-10-7-4-8-11/h10H,1-9H2,11H3. The lowest BCUT2D eigenvalue weighted by Crippen LogP contribution is -2.16. The first-order chi connectivity index (χ1) is 5.41. The average Bonchev–Trinajstić information content (AvgIpc) is 2.03. The summed E-state index contributed by atoms with van der Waals surface area (Å²) in [6.07, 6.45) is 5.12. The van der Waals surface area contributed by atoms with Gasteiger partial charge in [-0.05, 0) is 38.9 Å². The van der Waals surface area contributed by atoms with E-state index >= 15 is 0 Å². The van der Waals surface area contributed by atoms with Gasteiger partial charge in [0, 0.05) is 10.2 Å². The number of hydrogen-bond donors (Lipinski definition) is 2. The number of unbranched alkanes of at least 4 members (excludes halogenated alkanes) is 2. The summed E-state index contributed by atoms with van der Waals surface area (Å²) in [6, 6.07) is 1.43. The van der Waals surface area contributed by atoms with Gasteiger partial charge in [0.15, 0.2) is 0 Å². The highest BCUT2D eigenvalue weighted by Crippen LogP contribution is 1.91. The van der Waals surface area contributed by atoms with Gasteiger partial charge in [0.1, 0.15) is 0 Å². The molecule has 0 atom stereocenters. The third-order valence-corrected chi connectivity index (χ3v) is 2.47. The van der Waals surface area contributed by atoms with Crippen LogP contribution in [0.15, 0.2) is 0 Å². The fraction of sp³-hybridized carbons (Fsp3) is 1.00. The average molecular weight is 174 g/mol. The van der Waals surface area contributed by atoms with Crippen molar-refractivity contribution >= 4 is 10.2 Å². The second-order valence-electron chi connectivity index (χ2n) is 2.95. The third-order valence-electron chi connectivity index (χ3n) is 1.76. The largest absolute Gasteiger partial charge is 0.330 e. The Morgan fingerprint density at radius 1 is 1.00 bits per heavy atom. The maximum absolute atomic E-state index is 5.38. The second kappa shape index (κ2) is 10.1. The minimum atomic E-state index is 0.848. The molecule has 0 aliphatic rings. The van der Waals surface area contributed by atoms with E-state index in [0.717, 1.165) is 6.54 Å². The molecule has 3 heteroatoms. The summed E-state index contributed by atoms with van der Waals surface area (Å²) in [5, 5.41) is 3.43. The molecule has 0 rings (SSSR count). The van der Waals surface area contributed by atoms with Gasteiger partial charge >= 0.3 is 0 Å². The summed E-state index contributed by atoms with van der Waals surface area (Å²) < 4.78 is 0. The first-order valence-corrected chi connectivity index (χ1v) is 6.24. The number of rotatable bonds is 8.